The molecule has 3 amide bonds. The number of hydrogen-bond donors (Lipinski definition) is 1. The molecule has 1 heterocycles. The van der Waals surface area contributed by atoms with Gasteiger partial charge >= 0.3 is 0 Å². The number of piperazine rings is 1. The summed E-state index contributed by atoms with van der Waals surface area (Å²) in [5.41, 5.74) is 1.08. The monoisotopic (exact) mass is 411 g/mol. The van der Waals surface area contributed by atoms with E-state index in [1.54, 1.807) is 53.3 Å². The highest BCUT2D eigenvalue weighted by Crippen LogP contribution is 2.25. The van der Waals surface area contributed by atoms with Crippen LogP contribution in [0.1, 0.15) is 17.3 Å². The lowest BCUT2D eigenvalue weighted by molar-refractivity contribution is -0.134. The van der Waals surface area contributed by atoms with Gasteiger partial charge in [0.05, 0.1) is 7.11 Å². The first-order valence-electron chi connectivity index (χ1n) is 9.68. The lowest BCUT2D eigenvalue weighted by Gasteiger charge is -2.34. The number of para-hydroxylation sites is 2. The second-order valence-electron chi connectivity index (χ2n) is 6.87. The minimum atomic E-state index is -0.193. The van der Waals surface area contributed by atoms with E-state index in [0.717, 1.165) is 0 Å². The van der Waals surface area contributed by atoms with Gasteiger partial charge in [0, 0.05) is 44.4 Å². The van der Waals surface area contributed by atoms with E-state index in [2.05, 4.69) is 5.32 Å². The van der Waals surface area contributed by atoms with E-state index in [9.17, 15) is 14.4 Å². The third kappa shape index (κ3) is 5.28. The molecule has 0 spiro atoms. The van der Waals surface area contributed by atoms with Gasteiger partial charge in [-0.1, -0.05) is 18.2 Å². The Labute approximate surface area is 175 Å². The fourth-order valence-electron chi connectivity index (χ4n) is 3.24. The number of nitrogens with zero attached hydrogens (tertiary/aromatic N) is 2. The van der Waals surface area contributed by atoms with Gasteiger partial charge in [0.25, 0.3) is 11.8 Å². The molecule has 1 saturated heterocycles. The highest BCUT2D eigenvalue weighted by Gasteiger charge is 2.25. The van der Waals surface area contributed by atoms with Crippen molar-refractivity contribution >= 4 is 23.4 Å². The van der Waals surface area contributed by atoms with Crippen LogP contribution < -0.4 is 14.8 Å². The summed E-state index contributed by atoms with van der Waals surface area (Å²) < 4.78 is 10.8. The number of nitrogens with one attached hydrogen (secondary N) is 1. The summed E-state index contributed by atoms with van der Waals surface area (Å²) in [6.45, 7) is 3.07. The molecule has 1 aliphatic heterocycles. The Morgan fingerprint density at radius 2 is 1.60 bits per heavy atom. The third-order valence-electron chi connectivity index (χ3n) is 4.77. The summed E-state index contributed by atoms with van der Waals surface area (Å²) in [4.78, 5) is 39.9. The maximum Gasteiger partial charge on any atom is 0.260 e. The Bertz CT molecular complexity index is 922. The van der Waals surface area contributed by atoms with Crippen LogP contribution in [0.2, 0.25) is 0 Å². The summed E-state index contributed by atoms with van der Waals surface area (Å²) in [5, 5.41) is 2.68. The zero-order valence-electron chi connectivity index (χ0n) is 17.1. The third-order valence-corrected chi connectivity index (χ3v) is 4.77. The van der Waals surface area contributed by atoms with E-state index in [1.165, 1.54) is 6.92 Å². The van der Waals surface area contributed by atoms with E-state index < -0.39 is 0 Å². The van der Waals surface area contributed by atoms with Crippen molar-refractivity contribution in [2.24, 2.45) is 0 Å². The smallest absolute Gasteiger partial charge is 0.260 e. The SMILES string of the molecule is COc1ccccc1OCC(=O)N1CCN(C(=O)c2cccc(NC(C)=O)c2)CC1. The molecule has 2 aromatic rings. The van der Waals surface area contributed by atoms with Crippen LogP contribution in [0.3, 0.4) is 0 Å². The number of rotatable bonds is 6. The summed E-state index contributed by atoms with van der Waals surface area (Å²) in [6.07, 6.45) is 0. The van der Waals surface area contributed by atoms with Crippen LogP contribution >= 0.6 is 0 Å². The molecule has 0 atom stereocenters. The molecule has 3 rings (SSSR count). The Morgan fingerprint density at radius 1 is 0.933 bits per heavy atom. The zero-order chi connectivity index (χ0) is 21.5. The standard InChI is InChI=1S/C22H25N3O5/c1-16(26)23-18-7-5-6-17(14-18)22(28)25-12-10-24(11-13-25)21(27)15-30-20-9-4-3-8-19(20)29-2/h3-9,14H,10-13,15H2,1-2H3,(H,23,26). The van der Waals surface area contributed by atoms with Crippen molar-refractivity contribution in [3.8, 4) is 11.5 Å². The predicted molar refractivity (Wildman–Crippen MR) is 112 cm³/mol. The second-order valence-corrected chi connectivity index (χ2v) is 6.87. The van der Waals surface area contributed by atoms with Gasteiger partial charge in [-0.25, -0.2) is 0 Å². The molecule has 0 aromatic heterocycles. The van der Waals surface area contributed by atoms with Crippen molar-refractivity contribution in [3.63, 3.8) is 0 Å². The highest BCUT2D eigenvalue weighted by atomic mass is 16.5. The zero-order valence-corrected chi connectivity index (χ0v) is 17.1. The van der Waals surface area contributed by atoms with E-state index in [0.29, 0.717) is 48.9 Å². The van der Waals surface area contributed by atoms with Gasteiger partial charge in [-0.05, 0) is 30.3 Å². The van der Waals surface area contributed by atoms with Crippen LogP contribution in [0, 0.1) is 0 Å². The number of anilines is 1. The van der Waals surface area contributed by atoms with Crippen molar-refractivity contribution in [2.75, 3.05) is 45.2 Å². The number of carbonyl (C=O) groups is 3. The average molecular weight is 411 g/mol. The second kappa shape index (κ2) is 9.78. The molecule has 0 unspecified atom stereocenters. The van der Waals surface area contributed by atoms with Gasteiger partial charge in [-0.3, -0.25) is 14.4 Å². The number of ether oxygens (including phenoxy) is 2. The number of carbonyl (C=O) groups excluding carboxylic acids is 3. The van der Waals surface area contributed by atoms with Crippen molar-refractivity contribution < 1.29 is 23.9 Å². The van der Waals surface area contributed by atoms with Crippen LogP contribution in [0.25, 0.3) is 0 Å². The Balaban J connectivity index is 1.52. The maximum atomic E-state index is 12.8. The first-order chi connectivity index (χ1) is 14.5. The Hall–Kier alpha value is -3.55. The number of amides is 3. The largest absolute Gasteiger partial charge is 0.493 e. The minimum Gasteiger partial charge on any atom is -0.493 e. The quantitative estimate of drug-likeness (QED) is 0.786. The lowest BCUT2D eigenvalue weighted by Crippen LogP contribution is -2.51. The Kier molecular flexibility index (Phi) is 6.90. The topological polar surface area (TPSA) is 88.2 Å². The van der Waals surface area contributed by atoms with Crippen LogP contribution in [-0.4, -0.2) is 67.4 Å². The van der Waals surface area contributed by atoms with Crippen LogP contribution in [0.4, 0.5) is 5.69 Å². The van der Waals surface area contributed by atoms with Gasteiger partial charge in [0.1, 0.15) is 0 Å². The predicted octanol–water partition coefficient (Wildman–Crippen LogP) is 2.02. The van der Waals surface area contributed by atoms with Gasteiger partial charge in [0.15, 0.2) is 18.1 Å². The summed E-state index contributed by atoms with van der Waals surface area (Å²) in [5.74, 6) is 0.630. The number of hydrogen-bond acceptors (Lipinski definition) is 5. The normalized spacial score (nSPS) is 13.5. The molecule has 0 radical (unpaired) electrons. The maximum absolute atomic E-state index is 12.8. The fraction of sp³-hybridized carbons (Fsp3) is 0.318. The summed E-state index contributed by atoms with van der Waals surface area (Å²) >= 11 is 0. The molecule has 0 bridgehead atoms. The van der Waals surface area contributed by atoms with E-state index in [1.807, 2.05) is 12.1 Å². The molecule has 8 nitrogen and oxygen atoms in total. The summed E-state index contributed by atoms with van der Waals surface area (Å²) in [6, 6.07) is 14.0. The molecule has 0 aliphatic carbocycles. The van der Waals surface area contributed by atoms with E-state index in [-0.39, 0.29) is 24.3 Å². The lowest BCUT2D eigenvalue weighted by atomic mass is 10.1. The van der Waals surface area contributed by atoms with Crippen LogP contribution in [0.5, 0.6) is 11.5 Å². The van der Waals surface area contributed by atoms with Gasteiger partial charge < -0.3 is 24.6 Å². The average Bonchev–Trinajstić information content (AvgIpc) is 2.77. The fourth-order valence-corrected chi connectivity index (χ4v) is 3.24. The molecular weight excluding hydrogens is 386 g/mol. The van der Waals surface area contributed by atoms with E-state index in [4.69, 9.17) is 9.47 Å². The van der Waals surface area contributed by atoms with Crippen molar-refractivity contribution in [1.82, 2.24) is 9.80 Å². The molecule has 1 aliphatic rings. The molecule has 2 aromatic carbocycles. The van der Waals surface area contributed by atoms with Gasteiger partial charge in [0.2, 0.25) is 5.91 Å². The van der Waals surface area contributed by atoms with Crippen molar-refractivity contribution in [1.29, 1.82) is 0 Å². The molecular formula is C22H25N3O5. The summed E-state index contributed by atoms with van der Waals surface area (Å²) in [7, 11) is 1.55. The highest BCUT2D eigenvalue weighted by molar-refractivity contribution is 5.97. The molecule has 30 heavy (non-hydrogen) atoms. The number of benzene rings is 2. The van der Waals surface area contributed by atoms with Crippen LogP contribution in [0.15, 0.2) is 48.5 Å². The number of methoxy groups -OCH3 is 1. The first kappa shape index (κ1) is 21.2. The molecule has 8 heteroatoms. The molecule has 1 N–H and O–H groups in total. The van der Waals surface area contributed by atoms with E-state index >= 15 is 0 Å². The minimum absolute atomic E-state index is 0.0902. The van der Waals surface area contributed by atoms with Crippen LogP contribution in [-0.2, 0) is 9.59 Å². The van der Waals surface area contributed by atoms with Crippen molar-refractivity contribution in [2.45, 2.75) is 6.92 Å². The van der Waals surface area contributed by atoms with Crippen molar-refractivity contribution in [3.05, 3.63) is 54.1 Å². The van der Waals surface area contributed by atoms with Gasteiger partial charge in [-0.2, -0.15) is 0 Å². The van der Waals surface area contributed by atoms with Gasteiger partial charge in [-0.15, -0.1) is 0 Å². The first-order valence-corrected chi connectivity index (χ1v) is 9.68. The molecule has 1 fully saturated rings. The molecule has 158 valence electrons. The Morgan fingerprint density at radius 3 is 2.27 bits per heavy atom. The molecule has 0 saturated carbocycles.